The molecule has 0 unspecified atom stereocenters. The molecule has 6 nitrogen and oxygen atoms in total. The number of thiazole rings is 1. The van der Waals surface area contributed by atoms with E-state index >= 15 is 0 Å². The Kier molecular flexibility index (Phi) is 6.44. The lowest BCUT2D eigenvalue weighted by Gasteiger charge is -2.29. The Morgan fingerprint density at radius 3 is 2.37 bits per heavy atom. The van der Waals surface area contributed by atoms with Crippen molar-refractivity contribution < 1.29 is 13.2 Å². The van der Waals surface area contributed by atoms with Crippen LogP contribution in [0.3, 0.4) is 0 Å². The maximum atomic E-state index is 12.9. The Bertz CT molecular complexity index is 1470. The van der Waals surface area contributed by atoms with Crippen molar-refractivity contribution in [2.75, 3.05) is 18.4 Å². The zero-order valence-corrected chi connectivity index (χ0v) is 21.3. The first-order valence-electron chi connectivity index (χ1n) is 11.7. The first kappa shape index (κ1) is 23.7. The fraction of sp³-hybridized carbons (Fsp3) is 0.259. The molecule has 0 atom stereocenters. The Morgan fingerprint density at radius 2 is 1.69 bits per heavy atom. The second kappa shape index (κ2) is 9.53. The smallest absolute Gasteiger partial charge is 0.255 e. The molecule has 0 bridgehead atoms. The highest BCUT2D eigenvalue weighted by atomic mass is 32.2. The molecule has 1 aliphatic rings. The van der Waals surface area contributed by atoms with E-state index in [1.807, 2.05) is 30.3 Å². The highest BCUT2D eigenvalue weighted by molar-refractivity contribution is 7.89. The Morgan fingerprint density at radius 1 is 1.00 bits per heavy atom. The van der Waals surface area contributed by atoms with Crippen molar-refractivity contribution in [1.29, 1.82) is 0 Å². The predicted octanol–water partition coefficient (Wildman–Crippen LogP) is 5.94. The van der Waals surface area contributed by atoms with Gasteiger partial charge in [-0.15, -0.1) is 11.3 Å². The van der Waals surface area contributed by atoms with Crippen LogP contribution >= 0.6 is 11.3 Å². The van der Waals surface area contributed by atoms with Gasteiger partial charge in [0.25, 0.3) is 5.91 Å². The van der Waals surface area contributed by atoms with E-state index in [1.165, 1.54) is 22.0 Å². The molecule has 8 heteroatoms. The van der Waals surface area contributed by atoms with Crippen LogP contribution in [0.2, 0.25) is 0 Å². The number of rotatable bonds is 5. The summed E-state index contributed by atoms with van der Waals surface area (Å²) in [5, 5.41) is 3.82. The van der Waals surface area contributed by atoms with Crippen molar-refractivity contribution >= 4 is 43.2 Å². The van der Waals surface area contributed by atoms with Crippen molar-refractivity contribution in [2.24, 2.45) is 5.92 Å². The Balaban J connectivity index is 1.26. The van der Waals surface area contributed by atoms with Crippen LogP contribution in [0, 0.1) is 12.8 Å². The van der Waals surface area contributed by atoms with Crippen LogP contribution in [0.15, 0.2) is 71.6 Å². The van der Waals surface area contributed by atoms with Crippen molar-refractivity contribution in [3.63, 3.8) is 0 Å². The average molecular weight is 506 g/mol. The van der Waals surface area contributed by atoms with E-state index in [2.05, 4.69) is 31.3 Å². The van der Waals surface area contributed by atoms with Gasteiger partial charge in [-0.3, -0.25) is 4.79 Å². The van der Waals surface area contributed by atoms with Crippen LogP contribution in [-0.2, 0) is 10.0 Å². The van der Waals surface area contributed by atoms with Gasteiger partial charge in [0.2, 0.25) is 10.0 Å². The highest BCUT2D eigenvalue weighted by Crippen LogP contribution is 2.31. The number of hydrogen-bond donors (Lipinski definition) is 1. The number of aromatic nitrogens is 1. The molecular weight excluding hydrogens is 478 g/mol. The standard InChI is InChI=1S/C27H27N3O3S2/c1-18-13-15-30(16-14-18)35(32,33)23-10-6-20(7-11-23)26(31)28-22-8-4-21(5-9-22)27-29-24-12-3-19(2)17-25(24)34-27/h3-12,17-18H,13-16H2,1-2H3,(H,28,31). The number of fused-ring (bicyclic) bond motifs is 1. The summed E-state index contributed by atoms with van der Waals surface area (Å²) in [5.41, 5.74) is 4.24. The first-order valence-corrected chi connectivity index (χ1v) is 13.9. The summed E-state index contributed by atoms with van der Waals surface area (Å²) in [7, 11) is -3.53. The summed E-state index contributed by atoms with van der Waals surface area (Å²) < 4.78 is 28.5. The van der Waals surface area contributed by atoms with E-state index < -0.39 is 10.0 Å². The first-order chi connectivity index (χ1) is 16.8. The molecule has 1 N–H and O–H groups in total. The summed E-state index contributed by atoms with van der Waals surface area (Å²) in [6.45, 7) is 5.29. The van der Waals surface area contributed by atoms with Crippen LogP contribution in [0.25, 0.3) is 20.8 Å². The molecule has 0 spiro atoms. The summed E-state index contributed by atoms with van der Waals surface area (Å²) >= 11 is 1.64. The second-order valence-corrected chi connectivity index (χ2v) is 12.1. The number of nitrogens with one attached hydrogen (secondary N) is 1. The van der Waals surface area contributed by atoms with Crippen molar-refractivity contribution in [2.45, 2.75) is 31.6 Å². The van der Waals surface area contributed by atoms with Crippen LogP contribution in [0.1, 0.15) is 35.7 Å². The summed E-state index contributed by atoms with van der Waals surface area (Å²) in [6, 6.07) is 19.9. The van der Waals surface area contributed by atoms with E-state index in [9.17, 15) is 13.2 Å². The molecule has 1 aromatic heterocycles. The third-order valence-electron chi connectivity index (χ3n) is 6.43. The SMILES string of the molecule is Cc1ccc2nc(-c3ccc(NC(=O)c4ccc(S(=O)(=O)N5CCC(C)CC5)cc4)cc3)sc2c1. The lowest BCUT2D eigenvalue weighted by molar-refractivity contribution is 0.102. The summed E-state index contributed by atoms with van der Waals surface area (Å²) in [6.07, 6.45) is 1.74. The fourth-order valence-electron chi connectivity index (χ4n) is 4.21. The van der Waals surface area contributed by atoms with Gasteiger partial charge in [0, 0.05) is 29.9 Å². The van der Waals surface area contributed by atoms with Crippen molar-refractivity contribution in [3.8, 4) is 10.6 Å². The quantitative estimate of drug-likeness (QED) is 0.364. The van der Waals surface area contributed by atoms with Gasteiger partial charge in [-0.25, -0.2) is 13.4 Å². The molecule has 5 rings (SSSR count). The molecule has 0 aliphatic carbocycles. The molecule has 0 radical (unpaired) electrons. The topological polar surface area (TPSA) is 79.4 Å². The van der Waals surface area contributed by atoms with E-state index in [4.69, 9.17) is 4.98 Å². The molecule has 2 heterocycles. The molecule has 0 saturated carbocycles. The molecule has 1 saturated heterocycles. The number of carbonyl (C=O) groups is 1. The average Bonchev–Trinajstić information content (AvgIpc) is 3.28. The van der Waals surface area contributed by atoms with Crippen LogP contribution in [0.5, 0.6) is 0 Å². The summed E-state index contributed by atoms with van der Waals surface area (Å²) in [4.78, 5) is 17.7. The van der Waals surface area contributed by atoms with Gasteiger partial charge in [0.15, 0.2) is 0 Å². The molecule has 1 amide bonds. The summed E-state index contributed by atoms with van der Waals surface area (Å²) in [5.74, 6) is 0.260. The maximum Gasteiger partial charge on any atom is 0.255 e. The number of aryl methyl sites for hydroxylation is 1. The number of amides is 1. The highest BCUT2D eigenvalue weighted by Gasteiger charge is 2.28. The number of carbonyl (C=O) groups excluding carboxylic acids is 1. The Hall–Kier alpha value is -3.07. The van der Waals surface area contributed by atoms with Crippen molar-refractivity contribution in [1.82, 2.24) is 9.29 Å². The molecule has 3 aromatic carbocycles. The number of sulfonamides is 1. The van der Waals surface area contributed by atoms with Gasteiger partial charge in [-0.1, -0.05) is 13.0 Å². The van der Waals surface area contributed by atoms with Gasteiger partial charge < -0.3 is 5.32 Å². The lowest BCUT2D eigenvalue weighted by Crippen LogP contribution is -2.37. The molecule has 1 fully saturated rings. The predicted molar refractivity (Wildman–Crippen MR) is 141 cm³/mol. The van der Waals surface area contributed by atoms with Crippen LogP contribution < -0.4 is 5.32 Å². The van der Waals surface area contributed by atoms with Crippen LogP contribution in [-0.4, -0.2) is 36.7 Å². The molecule has 180 valence electrons. The normalized spacial score (nSPS) is 15.4. The number of nitrogens with zero attached hydrogens (tertiary/aromatic N) is 2. The second-order valence-electron chi connectivity index (χ2n) is 9.13. The van der Waals surface area contributed by atoms with Crippen molar-refractivity contribution in [3.05, 3.63) is 77.9 Å². The third kappa shape index (κ3) is 5.00. The zero-order valence-electron chi connectivity index (χ0n) is 19.7. The van der Waals surface area contributed by atoms with Gasteiger partial charge in [-0.2, -0.15) is 4.31 Å². The van der Waals surface area contributed by atoms with E-state index in [0.717, 1.165) is 33.6 Å². The fourth-order valence-corrected chi connectivity index (χ4v) is 6.75. The minimum absolute atomic E-state index is 0.221. The van der Waals surface area contributed by atoms with E-state index in [1.54, 1.807) is 23.5 Å². The monoisotopic (exact) mass is 505 g/mol. The third-order valence-corrected chi connectivity index (χ3v) is 9.41. The zero-order chi connectivity index (χ0) is 24.6. The maximum absolute atomic E-state index is 12.9. The Labute approximate surface area is 209 Å². The van der Waals surface area contributed by atoms with Gasteiger partial charge >= 0.3 is 0 Å². The molecule has 1 aliphatic heterocycles. The lowest BCUT2D eigenvalue weighted by atomic mass is 10.0. The minimum Gasteiger partial charge on any atom is -0.322 e. The largest absolute Gasteiger partial charge is 0.322 e. The number of anilines is 1. The molecule has 35 heavy (non-hydrogen) atoms. The number of piperidine rings is 1. The minimum atomic E-state index is -3.53. The van der Waals surface area contributed by atoms with E-state index in [-0.39, 0.29) is 10.8 Å². The number of benzene rings is 3. The number of hydrogen-bond acceptors (Lipinski definition) is 5. The van der Waals surface area contributed by atoms with E-state index in [0.29, 0.717) is 30.3 Å². The van der Waals surface area contributed by atoms with Gasteiger partial charge in [0.1, 0.15) is 5.01 Å². The van der Waals surface area contributed by atoms with Gasteiger partial charge in [0.05, 0.1) is 15.1 Å². The van der Waals surface area contributed by atoms with Gasteiger partial charge in [-0.05, 0) is 91.9 Å². The van der Waals surface area contributed by atoms with Crippen LogP contribution in [0.4, 0.5) is 5.69 Å². The molecule has 4 aromatic rings. The molecular formula is C27H27N3O3S2.